The van der Waals surface area contributed by atoms with Gasteiger partial charge in [0.1, 0.15) is 5.75 Å². The lowest BCUT2D eigenvalue weighted by Crippen LogP contribution is -2.33. The summed E-state index contributed by atoms with van der Waals surface area (Å²) < 4.78 is 0. The maximum Gasteiger partial charge on any atom is 0.118 e. The first-order valence-corrected chi connectivity index (χ1v) is 5.93. The molecule has 0 unspecified atom stereocenters. The number of phenolic OH excluding ortho intramolecular Hbond substituents is 1. The van der Waals surface area contributed by atoms with Crippen molar-refractivity contribution in [2.24, 2.45) is 0 Å². The van der Waals surface area contributed by atoms with E-state index in [4.69, 9.17) is 0 Å². The Bertz CT molecular complexity index is 340. The van der Waals surface area contributed by atoms with E-state index in [0.717, 1.165) is 31.5 Å². The van der Waals surface area contributed by atoms with Crippen LogP contribution in [0.15, 0.2) is 24.3 Å². The molecule has 0 radical (unpaired) electrons. The van der Waals surface area contributed by atoms with E-state index < -0.39 is 0 Å². The Labute approximate surface area is 96.3 Å². The van der Waals surface area contributed by atoms with Crippen LogP contribution in [-0.4, -0.2) is 40.9 Å². The predicted octanol–water partition coefficient (Wildman–Crippen LogP) is 1.39. The highest BCUT2D eigenvalue weighted by atomic mass is 16.3. The number of aliphatic hydroxyl groups is 1. The molecule has 0 aliphatic carbocycles. The second-order valence-electron chi connectivity index (χ2n) is 4.39. The van der Waals surface area contributed by atoms with Crippen molar-refractivity contribution in [3.05, 3.63) is 29.8 Å². The number of rotatable bonds is 4. The van der Waals surface area contributed by atoms with E-state index in [9.17, 15) is 10.2 Å². The summed E-state index contributed by atoms with van der Waals surface area (Å²) in [6, 6.07) is 7.79. The van der Waals surface area contributed by atoms with Gasteiger partial charge in [-0.2, -0.15) is 0 Å². The molecular formula is C13H19NO2. The molecule has 0 saturated carbocycles. The van der Waals surface area contributed by atoms with Crippen LogP contribution < -0.4 is 0 Å². The molecule has 1 saturated heterocycles. The molecule has 1 atom stereocenters. The molecule has 0 bridgehead atoms. The molecule has 1 aromatic carbocycles. The van der Waals surface area contributed by atoms with Crippen molar-refractivity contribution in [3.63, 3.8) is 0 Å². The van der Waals surface area contributed by atoms with Crippen LogP contribution in [0.3, 0.4) is 0 Å². The van der Waals surface area contributed by atoms with Crippen molar-refractivity contribution in [2.75, 3.05) is 19.7 Å². The summed E-state index contributed by atoms with van der Waals surface area (Å²) in [5.41, 5.74) is 0.992. The second kappa shape index (κ2) is 5.32. The molecule has 1 heterocycles. The van der Waals surface area contributed by atoms with Gasteiger partial charge >= 0.3 is 0 Å². The summed E-state index contributed by atoms with van der Waals surface area (Å²) in [6.45, 7) is 2.24. The van der Waals surface area contributed by atoms with E-state index in [-0.39, 0.29) is 6.61 Å². The van der Waals surface area contributed by atoms with Gasteiger partial charge in [0, 0.05) is 12.6 Å². The third-order valence-corrected chi connectivity index (χ3v) is 3.37. The third-order valence-electron chi connectivity index (χ3n) is 3.37. The lowest BCUT2D eigenvalue weighted by molar-refractivity contribution is 0.160. The summed E-state index contributed by atoms with van der Waals surface area (Å²) in [7, 11) is 0. The summed E-state index contributed by atoms with van der Waals surface area (Å²) in [4.78, 5) is 2.31. The molecule has 2 N–H and O–H groups in total. The number of hydrogen-bond acceptors (Lipinski definition) is 3. The van der Waals surface area contributed by atoms with Crippen molar-refractivity contribution in [2.45, 2.75) is 25.3 Å². The molecule has 2 rings (SSSR count). The monoisotopic (exact) mass is 221 g/mol. The Morgan fingerprint density at radius 3 is 2.88 bits per heavy atom. The lowest BCUT2D eigenvalue weighted by Gasteiger charge is -2.22. The molecule has 3 heteroatoms. The van der Waals surface area contributed by atoms with Gasteiger partial charge < -0.3 is 10.2 Å². The van der Waals surface area contributed by atoms with Gasteiger partial charge in [-0.05, 0) is 37.4 Å². The first kappa shape index (κ1) is 11.4. The summed E-state index contributed by atoms with van der Waals surface area (Å²) in [5.74, 6) is 0.377. The van der Waals surface area contributed by atoms with Gasteiger partial charge in [-0.3, -0.25) is 4.90 Å². The zero-order chi connectivity index (χ0) is 11.4. The third kappa shape index (κ3) is 2.54. The quantitative estimate of drug-likeness (QED) is 0.807. The molecule has 1 fully saturated rings. The van der Waals surface area contributed by atoms with Gasteiger partial charge in [0.15, 0.2) is 0 Å². The van der Waals surface area contributed by atoms with Crippen LogP contribution in [0.5, 0.6) is 5.75 Å². The van der Waals surface area contributed by atoms with Gasteiger partial charge in [0.05, 0.1) is 6.61 Å². The number of para-hydroxylation sites is 1. The van der Waals surface area contributed by atoms with E-state index in [1.54, 1.807) is 6.07 Å². The minimum absolute atomic E-state index is 0.251. The van der Waals surface area contributed by atoms with Crippen LogP contribution in [0.25, 0.3) is 0 Å². The fourth-order valence-electron chi connectivity index (χ4n) is 2.38. The molecule has 3 nitrogen and oxygen atoms in total. The van der Waals surface area contributed by atoms with Gasteiger partial charge in [0.2, 0.25) is 0 Å². The number of hydrogen-bond donors (Lipinski definition) is 2. The summed E-state index contributed by atoms with van der Waals surface area (Å²) in [5, 5.41) is 18.8. The number of benzene rings is 1. The number of aromatic hydroxyl groups is 1. The minimum Gasteiger partial charge on any atom is -0.508 e. The van der Waals surface area contributed by atoms with Crippen molar-refractivity contribution in [3.8, 4) is 5.75 Å². The molecule has 0 aromatic heterocycles. The number of aliphatic hydroxyl groups excluding tert-OH is 1. The van der Waals surface area contributed by atoms with Crippen molar-refractivity contribution in [1.82, 2.24) is 4.90 Å². The van der Waals surface area contributed by atoms with E-state index in [2.05, 4.69) is 4.90 Å². The Hall–Kier alpha value is -1.06. The number of likely N-dealkylation sites (tertiary alicyclic amines) is 1. The van der Waals surface area contributed by atoms with Crippen LogP contribution in [0.4, 0.5) is 0 Å². The first-order chi connectivity index (χ1) is 7.81. The number of nitrogens with zero attached hydrogens (tertiary/aromatic N) is 1. The molecule has 1 aliphatic heterocycles. The van der Waals surface area contributed by atoms with E-state index in [0.29, 0.717) is 11.8 Å². The largest absolute Gasteiger partial charge is 0.508 e. The average molecular weight is 221 g/mol. The van der Waals surface area contributed by atoms with Crippen LogP contribution >= 0.6 is 0 Å². The SMILES string of the molecule is OC[C@@H]1CCCN1CCc1ccccc1O. The maximum absolute atomic E-state index is 9.64. The Balaban J connectivity index is 1.90. The van der Waals surface area contributed by atoms with Crippen LogP contribution in [0, 0.1) is 0 Å². The Kier molecular flexibility index (Phi) is 3.80. The minimum atomic E-state index is 0.251. The maximum atomic E-state index is 9.64. The smallest absolute Gasteiger partial charge is 0.118 e. The molecular weight excluding hydrogens is 202 g/mol. The highest BCUT2D eigenvalue weighted by Gasteiger charge is 2.23. The van der Waals surface area contributed by atoms with E-state index in [1.165, 1.54) is 6.42 Å². The van der Waals surface area contributed by atoms with E-state index >= 15 is 0 Å². The van der Waals surface area contributed by atoms with Crippen molar-refractivity contribution in [1.29, 1.82) is 0 Å². The fraction of sp³-hybridized carbons (Fsp3) is 0.538. The zero-order valence-corrected chi connectivity index (χ0v) is 9.47. The molecule has 16 heavy (non-hydrogen) atoms. The second-order valence-corrected chi connectivity index (χ2v) is 4.39. The lowest BCUT2D eigenvalue weighted by atomic mass is 10.1. The Morgan fingerprint density at radius 1 is 1.31 bits per heavy atom. The van der Waals surface area contributed by atoms with Gasteiger partial charge in [-0.25, -0.2) is 0 Å². The van der Waals surface area contributed by atoms with Crippen LogP contribution in [0.2, 0.25) is 0 Å². The van der Waals surface area contributed by atoms with Gasteiger partial charge in [-0.1, -0.05) is 18.2 Å². The highest BCUT2D eigenvalue weighted by molar-refractivity contribution is 5.31. The molecule has 1 aromatic rings. The average Bonchev–Trinajstić information content (AvgIpc) is 2.75. The van der Waals surface area contributed by atoms with E-state index in [1.807, 2.05) is 18.2 Å². The zero-order valence-electron chi connectivity index (χ0n) is 9.47. The molecule has 88 valence electrons. The topological polar surface area (TPSA) is 43.7 Å². The first-order valence-electron chi connectivity index (χ1n) is 5.93. The van der Waals surface area contributed by atoms with Crippen molar-refractivity contribution >= 4 is 0 Å². The Morgan fingerprint density at radius 2 is 2.12 bits per heavy atom. The predicted molar refractivity (Wildman–Crippen MR) is 63.5 cm³/mol. The fourth-order valence-corrected chi connectivity index (χ4v) is 2.38. The van der Waals surface area contributed by atoms with Gasteiger partial charge in [0.25, 0.3) is 0 Å². The highest BCUT2D eigenvalue weighted by Crippen LogP contribution is 2.20. The number of phenols is 1. The van der Waals surface area contributed by atoms with Crippen molar-refractivity contribution < 1.29 is 10.2 Å². The normalized spacial score (nSPS) is 21.4. The summed E-state index contributed by atoms with van der Waals surface area (Å²) >= 11 is 0. The standard InChI is InChI=1S/C13H19NO2/c15-10-12-5-3-8-14(12)9-7-11-4-1-2-6-13(11)16/h1-2,4,6,12,15-16H,3,5,7-10H2/t12-/m0/s1. The molecule has 0 spiro atoms. The van der Waals surface area contributed by atoms with Crippen LogP contribution in [-0.2, 0) is 6.42 Å². The molecule has 1 aliphatic rings. The molecule has 0 amide bonds. The van der Waals surface area contributed by atoms with Gasteiger partial charge in [-0.15, -0.1) is 0 Å². The summed E-state index contributed by atoms with van der Waals surface area (Å²) in [6.07, 6.45) is 3.12. The van der Waals surface area contributed by atoms with Crippen LogP contribution in [0.1, 0.15) is 18.4 Å².